The largest absolute Gasteiger partial charge is 0.497 e. The first-order chi connectivity index (χ1) is 10.2. The van der Waals surface area contributed by atoms with E-state index in [0.29, 0.717) is 5.92 Å². The Morgan fingerprint density at radius 1 is 1.43 bits per heavy atom. The van der Waals surface area contributed by atoms with Gasteiger partial charge in [-0.05, 0) is 36.6 Å². The molecule has 0 spiro atoms. The number of carbonyl (C=O) groups excluding carboxylic acids is 1. The topological polar surface area (TPSA) is 41.6 Å². The third-order valence-corrected chi connectivity index (χ3v) is 3.80. The van der Waals surface area contributed by atoms with E-state index in [2.05, 4.69) is 34.5 Å². The Bertz CT molecular complexity index is 482. The lowest BCUT2D eigenvalue weighted by Gasteiger charge is -2.13. The van der Waals surface area contributed by atoms with Crippen molar-refractivity contribution in [3.05, 3.63) is 35.9 Å². The minimum Gasteiger partial charge on any atom is -0.497 e. The van der Waals surface area contributed by atoms with Crippen LogP contribution in [0.25, 0.3) is 6.08 Å². The number of amides is 1. The molecule has 1 aromatic carbocycles. The van der Waals surface area contributed by atoms with Crippen molar-refractivity contribution in [3.63, 3.8) is 0 Å². The first kappa shape index (κ1) is 15.6. The van der Waals surface area contributed by atoms with E-state index in [1.807, 2.05) is 12.1 Å². The van der Waals surface area contributed by atoms with Crippen molar-refractivity contribution < 1.29 is 9.53 Å². The fraction of sp³-hybridized carbons (Fsp3) is 0.471. The molecule has 21 heavy (non-hydrogen) atoms. The van der Waals surface area contributed by atoms with E-state index < -0.39 is 0 Å². The molecular formula is C17H24N2O2. The van der Waals surface area contributed by atoms with E-state index in [4.69, 9.17) is 4.74 Å². The number of carbonyl (C=O) groups is 1. The second kappa shape index (κ2) is 7.84. The molecule has 1 aliphatic heterocycles. The number of nitrogens with zero attached hydrogens (tertiary/aromatic N) is 1. The number of hydrogen-bond donors (Lipinski definition) is 1. The van der Waals surface area contributed by atoms with Crippen LogP contribution in [0, 0.1) is 5.92 Å². The van der Waals surface area contributed by atoms with Gasteiger partial charge in [0.15, 0.2) is 0 Å². The smallest absolute Gasteiger partial charge is 0.216 e. The summed E-state index contributed by atoms with van der Waals surface area (Å²) in [7, 11) is 1.68. The zero-order valence-corrected chi connectivity index (χ0v) is 12.8. The monoisotopic (exact) mass is 288 g/mol. The Morgan fingerprint density at radius 2 is 2.19 bits per heavy atom. The molecule has 1 saturated heterocycles. The lowest BCUT2D eigenvalue weighted by Crippen LogP contribution is -2.29. The summed E-state index contributed by atoms with van der Waals surface area (Å²) in [6.45, 7) is 5.51. The summed E-state index contributed by atoms with van der Waals surface area (Å²) in [5.41, 5.74) is 1.18. The highest BCUT2D eigenvalue weighted by molar-refractivity contribution is 5.72. The van der Waals surface area contributed by atoms with Gasteiger partial charge < -0.3 is 10.1 Å². The van der Waals surface area contributed by atoms with Gasteiger partial charge in [0.1, 0.15) is 5.75 Å². The molecule has 1 aromatic rings. The van der Waals surface area contributed by atoms with Crippen LogP contribution in [-0.2, 0) is 4.79 Å². The Balaban J connectivity index is 1.73. The van der Waals surface area contributed by atoms with Gasteiger partial charge in [-0.3, -0.25) is 9.69 Å². The molecule has 0 aliphatic carbocycles. The summed E-state index contributed by atoms with van der Waals surface area (Å²) < 4.78 is 5.14. The molecule has 4 nitrogen and oxygen atoms in total. The van der Waals surface area contributed by atoms with Gasteiger partial charge in [0.25, 0.3) is 0 Å². The maximum atomic E-state index is 10.9. The average Bonchev–Trinajstić information content (AvgIpc) is 2.94. The summed E-state index contributed by atoms with van der Waals surface area (Å²) in [4.78, 5) is 13.3. The molecule has 4 heteroatoms. The van der Waals surface area contributed by atoms with Crippen LogP contribution in [0.4, 0.5) is 0 Å². The maximum absolute atomic E-state index is 10.9. The van der Waals surface area contributed by atoms with Crippen LogP contribution in [0.3, 0.4) is 0 Å². The molecule has 0 radical (unpaired) electrons. The van der Waals surface area contributed by atoms with Gasteiger partial charge in [0.05, 0.1) is 7.11 Å². The first-order valence-electron chi connectivity index (χ1n) is 7.45. The van der Waals surface area contributed by atoms with Gasteiger partial charge in [-0.25, -0.2) is 0 Å². The normalized spacial score (nSPS) is 19.0. The molecular weight excluding hydrogens is 264 g/mol. The van der Waals surface area contributed by atoms with E-state index in [0.717, 1.165) is 38.3 Å². The van der Waals surface area contributed by atoms with Crippen LogP contribution in [0.2, 0.25) is 0 Å². The van der Waals surface area contributed by atoms with Crippen molar-refractivity contribution in [3.8, 4) is 5.75 Å². The number of benzene rings is 1. The van der Waals surface area contributed by atoms with E-state index in [1.165, 1.54) is 5.56 Å². The minimum atomic E-state index is 0.0628. The fourth-order valence-corrected chi connectivity index (χ4v) is 2.59. The third kappa shape index (κ3) is 5.23. The molecule has 1 amide bonds. The molecule has 1 heterocycles. The SMILES string of the molecule is COc1ccc(/C=C/CN2CC[C@@H](CNC(C)=O)C2)cc1. The van der Waals surface area contributed by atoms with Crippen molar-refractivity contribution in [1.82, 2.24) is 10.2 Å². The Labute approximate surface area is 126 Å². The molecule has 1 N–H and O–H groups in total. The second-order valence-electron chi connectivity index (χ2n) is 5.53. The maximum Gasteiger partial charge on any atom is 0.216 e. The van der Waals surface area contributed by atoms with E-state index >= 15 is 0 Å². The fourth-order valence-electron chi connectivity index (χ4n) is 2.59. The van der Waals surface area contributed by atoms with Gasteiger partial charge in [-0.15, -0.1) is 0 Å². The summed E-state index contributed by atoms with van der Waals surface area (Å²) in [5, 5.41) is 2.91. The van der Waals surface area contributed by atoms with Crippen molar-refractivity contribution >= 4 is 12.0 Å². The summed E-state index contributed by atoms with van der Waals surface area (Å²) >= 11 is 0. The number of likely N-dealkylation sites (tertiary alicyclic amines) is 1. The van der Waals surface area contributed by atoms with E-state index in [-0.39, 0.29) is 5.91 Å². The van der Waals surface area contributed by atoms with Gasteiger partial charge in [0, 0.05) is 26.6 Å². The summed E-state index contributed by atoms with van der Waals surface area (Å²) in [6, 6.07) is 8.05. The van der Waals surface area contributed by atoms with Crippen LogP contribution in [-0.4, -0.2) is 44.1 Å². The van der Waals surface area contributed by atoms with Crippen LogP contribution in [0.1, 0.15) is 18.9 Å². The summed E-state index contributed by atoms with van der Waals surface area (Å²) in [5.74, 6) is 1.53. The van der Waals surface area contributed by atoms with Crippen LogP contribution < -0.4 is 10.1 Å². The van der Waals surface area contributed by atoms with Gasteiger partial charge >= 0.3 is 0 Å². The van der Waals surface area contributed by atoms with Gasteiger partial charge in [-0.2, -0.15) is 0 Å². The van der Waals surface area contributed by atoms with Crippen molar-refractivity contribution in [2.24, 2.45) is 5.92 Å². The second-order valence-corrected chi connectivity index (χ2v) is 5.53. The number of ether oxygens (including phenoxy) is 1. The number of nitrogens with one attached hydrogen (secondary N) is 1. The molecule has 2 rings (SSSR count). The lowest BCUT2D eigenvalue weighted by molar-refractivity contribution is -0.119. The number of methoxy groups -OCH3 is 1. The van der Waals surface area contributed by atoms with Crippen LogP contribution in [0.15, 0.2) is 30.3 Å². The Kier molecular flexibility index (Phi) is 5.81. The standard InChI is InChI=1S/C17H24N2O2/c1-14(20)18-12-16-9-11-19(13-16)10-3-4-15-5-7-17(21-2)8-6-15/h3-8,16H,9-13H2,1-2H3,(H,18,20)/b4-3+/t16-/m0/s1. The highest BCUT2D eigenvalue weighted by Crippen LogP contribution is 2.16. The first-order valence-corrected chi connectivity index (χ1v) is 7.45. The van der Waals surface area contributed by atoms with E-state index in [9.17, 15) is 4.79 Å². The predicted octanol–water partition coefficient (Wildman–Crippen LogP) is 2.17. The Hall–Kier alpha value is -1.81. The quantitative estimate of drug-likeness (QED) is 0.872. The zero-order valence-electron chi connectivity index (χ0n) is 12.8. The van der Waals surface area contributed by atoms with Crippen molar-refractivity contribution in [1.29, 1.82) is 0 Å². The van der Waals surface area contributed by atoms with Gasteiger partial charge in [0.2, 0.25) is 5.91 Å². The molecule has 1 aliphatic rings. The predicted molar refractivity (Wildman–Crippen MR) is 85.3 cm³/mol. The van der Waals surface area contributed by atoms with Crippen molar-refractivity contribution in [2.45, 2.75) is 13.3 Å². The lowest BCUT2D eigenvalue weighted by atomic mass is 10.1. The summed E-state index contributed by atoms with van der Waals surface area (Å²) in [6.07, 6.45) is 5.50. The molecule has 0 aromatic heterocycles. The molecule has 114 valence electrons. The Morgan fingerprint density at radius 3 is 2.86 bits per heavy atom. The highest BCUT2D eigenvalue weighted by Gasteiger charge is 2.21. The highest BCUT2D eigenvalue weighted by atomic mass is 16.5. The zero-order chi connectivity index (χ0) is 15.1. The molecule has 0 unspecified atom stereocenters. The van der Waals surface area contributed by atoms with Crippen LogP contribution >= 0.6 is 0 Å². The molecule has 1 atom stereocenters. The molecule has 1 fully saturated rings. The number of hydrogen-bond acceptors (Lipinski definition) is 3. The van der Waals surface area contributed by atoms with Crippen LogP contribution in [0.5, 0.6) is 5.75 Å². The number of rotatable bonds is 6. The molecule has 0 bridgehead atoms. The van der Waals surface area contributed by atoms with E-state index in [1.54, 1.807) is 14.0 Å². The average molecular weight is 288 g/mol. The molecule has 0 saturated carbocycles. The van der Waals surface area contributed by atoms with Gasteiger partial charge in [-0.1, -0.05) is 24.3 Å². The third-order valence-electron chi connectivity index (χ3n) is 3.80. The van der Waals surface area contributed by atoms with Crippen molar-refractivity contribution in [2.75, 3.05) is 33.3 Å². The minimum absolute atomic E-state index is 0.0628.